The van der Waals surface area contributed by atoms with Crippen molar-refractivity contribution in [3.8, 4) is 5.75 Å². The van der Waals surface area contributed by atoms with Crippen molar-refractivity contribution in [1.29, 1.82) is 0 Å². The summed E-state index contributed by atoms with van der Waals surface area (Å²) in [5, 5.41) is 35.5. The number of phenols is 1. The molecule has 15 heteroatoms. The first-order valence-electron chi connectivity index (χ1n) is 13.1. The van der Waals surface area contributed by atoms with E-state index in [2.05, 4.69) is 20.9 Å². The second-order valence-corrected chi connectivity index (χ2v) is 10.0. The number of aliphatic imine (C=N–C) groups is 1. The maximum absolute atomic E-state index is 13.3. The molecule has 15 nitrogen and oxygen atoms in total. The summed E-state index contributed by atoms with van der Waals surface area (Å²) in [5.41, 5.74) is 17.0. The number of nitrogens with one attached hydrogen (secondary N) is 3. The van der Waals surface area contributed by atoms with Crippen LogP contribution in [0.4, 0.5) is 0 Å². The lowest BCUT2D eigenvalue weighted by Gasteiger charge is -2.26. The first-order valence-corrected chi connectivity index (χ1v) is 13.1. The fourth-order valence-corrected chi connectivity index (χ4v) is 3.78. The van der Waals surface area contributed by atoms with Crippen LogP contribution in [0.3, 0.4) is 0 Å². The van der Waals surface area contributed by atoms with Crippen molar-refractivity contribution < 1.29 is 39.3 Å². The zero-order chi connectivity index (χ0) is 31.1. The van der Waals surface area contributed by atoms with Crippen molar-refractivity contribution in [1.82, 2.24) is 16.0 Å². The van der Waals surface area contributed by atoms with E-state index in [1.54, 1.807) is 0 Å². The van der Waals surface area contributed by atoms with Crippen LogP contribution in [-0.4, -0.2) is 81.7 Å². The number of rotatable bonds is 18. The molecular formula is C26H41N7O8. The number of hydrogen-bond donors (Lipinski definition) is 9. The highest BCUT2D eigenvalue weighted by molar-refractivity contribution is 5.94. The maximum atomic E-state index is 13.3. The molecule has 1 rings (SSSR count). The molecule has 1 aromatic carbocycles. The predicted molar refractivity (Wildman–Crippen MR) is 149 cm³/mol. The van der Waals surface area contributed by atoms with Crippen LogP contribution in [0.5, 0.6) is 5.75 Å². The highest BCUT2D eigenvalue weighted by atomic mass is 16.4. The van der Waals surface area contributed by atoms with Crippen molar-refractivity contribution in [3.05, 3.63) is 29.8 Å². The van der Waals surface area contributed by atoms with Crippen LogP contribution in [0, 0.1) is 5.92 Å². The lowest BCUT2D eigenvalue weighted by molar-refractivity contribution is -0.142. The van der Waals surface area contributed by atoms with E-state index >= 15 is 0 Å². The highest BCUT2D eigenvalue weighted by Crippen LogP contribution is 2.12. The minimum atomic E-state index is -1.34. The van der Waals surface area contributed by atoms with Crippen LogP contribution in [0.25, 0.3) is 0 Å². The lowest BCUT2D eigenvalue weighted by Crippen LogP contribution is -2.57. The van der Waals surface area contributed by atoms with Crippen molar-refractivity contribution in [2.45, 2.75) is 76.5 Å². The zero-order valence-corrected chi connectivity index (χ0v) is 23.2. The largest absolute Gasteiger partial charge is 0.508 e. The number of carbonyl (C=O) groups is 5. The normalized spacial score (nSPS) is 13.8. The fraction of sp³-hybridized carbons (Fsp3) is 0.538. The van der Waals surface area contributed by atoms with Crippen LogP contribution in [0.1, 0.15) is 51.5 Å². The second-order valence-electron chi connectivity index (χ2n) is 10.0. The summed E-state index contributed by atoms with van der Waals surface area (Å²) >= 11 is 0. The molecule has 0 bridgehead atoms. The molecular weight excluding hydrogens is 538 g/mol. The van der Waals surface area contributed by atoms with Gasteiger partial charge in [0.25, 0.3) is 0 Å². The molecule has 0 aliphatic heterocycles. The molecule has 0 aliphatic carbocycles. The summed E-state index contributed by atoms with van der Waals surface area (Å²) < 4.78 is 0. The smallest absolute Gasteiger partial charge is 0.326 e. The van der Waals surface area contributed by atoms with Crippen LogP contribution in [-0.2, 0) is 30.4 Å². The third kappa shape index (κ3) is 14.0. The Kier molecular flexibility index (Phi) is 14.6. The molecule has 4 atom stereocenters. The van der Waals surface area contributed by atoms with E-state index in [1.165, 1.54) is 24.3 Å². The molecule has 0 fully saturated rings. The number of guanidine groups is 1. The van der Waals surface area contributed by atoms with Crippen molar-refractivity contribution in [2.24, 2.45) is 28.1 Å². The first-order chi connectivity index (χ1) is 19.2. The molecule has 3 amide bonds. The van der Waals surface area contributed by atoms with Crippen molar-refractivity contribution in [2.75, 3.05) is 6.54 Å². The van der Waals surface area contributed by atoms with Gasteiger partial charge in [0.1, 0.15) is 23.9 Å². The van der Waals surface area contributed by atoms with Gasteiger partial charge >= 0.3 is 11.9 Å². The third-order valence-corrected chi connectivity index (χ3v) is 5.92. The van der Waals surface area contributed by atoms with Gasteiger partial charge in [0.2, 0.25) is 17.7 Å². The number of nitrogens with two attached hydrogens (primary N) is 3. The molecule has 0 heterocycles. The number of carboxylic acid groups (broad SMARTS) is 2. The summed E-state index contributed by atoms with van der Waals surface area (Å²) in [7, 11) is 0. The summed E-state index contributed by atoms with van der Waals surface area (Å²) in [6.07, 6.45) is -0.0682. The molecule has 228 valence electrons. The summed E-state index contributed by atoms with van der Waals surface area (Å²) in [6, 6.07) is 1.01. The zero-order valence-electron chi connectivity index (χ0n) is 23.2. The molecule has 12 N–H and O–H groups in total. The van der Waals surface area contributed by atoms with Crippen molar-refractivity contribution in [3.63, 3.8) is 0 Å². The number of carbonyl (C=O) groups excluding carboxylic acids is 3. The Labute approximate surface area is 237 Å². The van der Waals surface area contributed by atoms with E-state index < -0.39 is 53.8 Å². The van der Waals surface area contributed by atoms with Gasteiger partial charge in [-0.25, -0.2) is 4.79 Å². The molecule has 0 aromatic heterocycles. The van der Waals surface area contributed by atoms with Gasteiger partial charge in [-0.3, -0.25) is 24.2 Å². The Morgan fingerprint density at radius 2 is 1.41 bits per heavy atom. The summed E-state index contributed by atoms with van der Waals surface area (Å²) in [5.74, 6) is -4.85. The first kappa shape index (κ1) is 34.6. The average Bonchev–Trinajstić information content (AvgIpc) is 2.88. The van der Waals surface area contributed by atoms with Crippen LogP contribution in [0.2, 0.25) is 0 Å². The molecule has 0 saturated carbocycles. The SMILES string of the molecule is CC(C)CC(NC(=O)C(N)CCC(=O)O)C(=O)NC(CCCN=C(N)N)C(=O)NC(Cc1ccc(O)cc1)C(=O)O. The second kappa shape index (κ2) is 17.3. The van der Waals surface area contributed by atoms with Gasteiger partial charge in [0.05, 0.1) is 6.04 Å². The quantitative estimate of drug-likeness (QED) is 0.0564. The maximum Gasteiger partial charge on any atom is 0.326 e. The van der Waals surface area contributed by atoms with Crippen LogP contribution >= 0.6 is 0 Å². The van der Waals surface area contributed by atoms with Gasteiger partial charge in [-0.2, -0.15) is 0 Å². The number of aliphatic carboxylic acids is 2. The van der Waals surface area contributed by atoms with Gasteiger partial charge in [0, 0.05) is 19.4 Å². The van der Waals surface area contributed by atoms with E-state index in [1.807, 2.05) is 13.8 Å². The van der Waals surface area contributed by atoms with E-state index in [0.29, 0.717) is 5.56 Å². The van der Waals surface area contributed by atoms with Gasteiger partial charge in [-0.15, -0.1) is 0 Å². The molecule has 0 radical (unpaired) electrons. The number of benzene rings is 1. The van der Waals surface area contributed by atoms with E-state index in [9.17, 15) is 34.2 Å². The molecule has 1 aromatic rings. The Bertz CT molecular complexity index is 1070. The summed E-state index contributed by atoms with van der Waals surface area (Å²) in [6.45, 7) is 3.77. The van der Waals surface area contributed by atoms with Crippen molar-refractivity contribution >= 4 is 35.6 Å². The number of hydrogen-bond acceptors (Lipinski definition) is 8. The third-order valence-electron chi connectivity index (χ3n) is 5.92. The lowest BCUT2D eigenvalue weighted by atomic mass is 10.0. The molecule has 0 spiro atoms. The highest BCUT2D eigenvalue weighted by Gasteiger charge is 2.30. The van der Waals surface area contributed by atoms with Gasteiger partial charge < -0.3 is 48.5 Å². The minimum absolute atomic E-state index is 0.000836. The number of amides is 3. The van der Waals surface area contributed by atoms with Gasteiger partial charge in [-0.05, 0) is 49.3 Å². The number of nitrogens with zero attached hydrogens (tertiary/aromatic N) is 1. The van der Waals surface area contributed by atoms with E-state index in [0.717, 1.165) is 0 Å². The van der Waals surface area contributed by atoms with Crippen LogP contribution < -0.4 is 33.2 Å². The number of aromatic hydroxyl groups is 1. The Hall–Kier alpha value is -4.40. The standard InChI is InChI=1S/C26H41N7O8/c1-14(2)12-19(32-22(37)17(27)9-10-21(35)36)24(39)31-18(4-3-11-30-26(28)29)23(38)33-20(25(40)41)13-15-5-7-16(34)8-6-15/h5-8,14,17-20,34H,3-4,9-13,27H2,1-2H3,(H,31,39)(H,32,37)(H,33,38)(H,35,36)(H,40,41)(H4,28,29,30). The molecule has 0 aliphatic rings. The summed E-state index contributed by atoms with van der Waals surface area (Å²) in [4.78, 5) is 65.6. The Morgan fingerprint density at radius 3 is 1.95 bits per heavy atom. The fourth-order valence-electron chi connectivity index (χ4n) is 3.78. The van der Waals surface area contributed by atoms with E-state index in [4.69, 9.17) is 22.3 Å². The molecule has 4 unspecified atom stereocenters. The van der Waals surface area contributed by atoms with Gasteiger partial charge in [0.15, 0.2) is 5.96 Å². The predicted octanol–water partition coefficient (Wildman–Crippen LogP) is -1.23. The average molecular weight is 580 g/mol. The topological polar surface area (TPSA) is 273 Å². The Morgan fingerprint density at radius 1 is 0.854 bits per heavy atom. The van der Waals surface area contributed by atoms with Gasteiger partial charge in [-0.1, -0.05) is 26.0 Å². The van der Waals surface area contributed by atoms with Crippen LogP contribution in [0.15, 0.2) is 29.3 Å². The molecule has 0 saturated heterocycles. The molecule has 41 heavy (non-hydrogen) atoms. The number of phenolic OH excluding ortho intramolecular Hbond substituents is 1. The minimum Gasteiger partial charge on any atom is -0.508 e. The Balaban J connectivity index is 3.08. The number of carboxylic acids is 2. The van der Waals surface area contributed by atoms with E-state index in [-0.39, 0.29) is 62.7 Å². The monoisotopic (exact) mass is 579 g/mol.